The number of ether oxygens (including phenoxy) is 1. The summed E-state index contributed by atoms with van der Waals surface area (Å²) in [5, 5.41) is 0. The zero-order valence-corrected chi connectivity index (χ0v) is 15.9. The Hall–Kier alpha value is -1.14. The van der Waals surface area contributed by atoms with E-state index in [9.17, 15) is 9.18 Å². The van der Waals surface area contributed by atoms with Crippen LogP contribution in [-0.4, -0.2) is 16.3 Å². The molecular weight excluding hydrogens is 417 g/mol. The molecule has 0 fully saturated rings. The number of carbonyl (C=O) groups is 1. The molecule has 0 saturated heterocycles. The summed E-state index contributed by atoms with van der Waals surface area (Å²) < 4.78 is 22.5. The van der Waals surface area contributed by atoms with Gasteiger partial charge in [-0.1, -0.05) is 15.9 Å². The lowest BCUT2D eigenvalue weighted by molar-refractivity contribution is 0.0540. The van der Waals surface area contributed by atoms with E-state index >= 15 is 0 Å². The smallest absolute Gasteiger partial charge is 0.419 e. The monoisotopic (exact) mass is 431 g/mol. The number of benzene rings is 1. The third kappa shape index (κ3) is 3.79. The quantitative estimate of drug-likeness (QED) is 0.560. The maximum atomic E-state index is 14.5. The highest BCUT2D eigenvalue weighted by atomic mass is 79.9. The van der Waals surface area contributed by atoms with E-state index in [-0.39, 0.29) is 5.82 Å². The van der Waals surface area contributed by atoms with Crippen molar-refractivity contribution in [2.45, 2.75) is 33.3 Å². The van der Waals surface area contributed by atoms with E-state index in [1.54, 1.807) is 52.1 Å². The molecule has 3 nitrogen and oxygen atoms in total. The van der Waals surface area contributed by atoms with E-state index < -0.39 is 11.7 Å². The van der Waals surface area contributed by atoms with Crippen LogP contribution >= 0.6 is 31.9 Å². The van der Waals surface area contributed by atoms with Crippen LogP contribution in [0.5, 0.6) is 0 Å². The van der Waals surface area contributed by atoms with Crippen molar-refractivity contribution in [2.75, 3.05) is 0 Å². The molecule has 0 bridgehead atoms. The Bertz CT molecular complexity index is 732. The minimum Gasteiger partial charge on any atom is -0.443 e. The van der Waals surface area contributed by atoms with Gasteiger partial charge in [0.05, 0.1) is 5.69 Å². The second-order valence-corrected chi connectivity index (χ2v) is 7.81. The van der Waals surface area contributed by atoms with E-state index in [1.165, 1.54) is 4.57 Å². The molecule has 6 heteroatoms. The Balaban J connectivity index is 2.56. The largest absolute Gasteiger partial charge is 0.443 e. The highest BCUT2D eigenvalue weighted by Gasteiger charge is 2.22. The molecule has 0 unspecified atom stereocenters. The molecule has 0 amide bonds. The van der Waals surface area contributed by atoms with Crippen molar-refractivity contribution in [3.8, 4) is 11.3 Å². The molecule has 1 aromatic heterocycles. The van der Waals surface area contributed by atoms with Gasteiger partial charge in [0.15, 0.2) is 0 Å². The summed E-state index contributed by atoms with van der Waals surface area (Å²) in [4.78, 5) is 12.3. The summed E-state index contributed by atoms with van der Waals surface area (Å²) in [5.74, 6) is -0.362. The highest BCUT2D eigenvalue weighted by Crippen LogP contribution is 2.32. The number of aromatic nitrogens is 1. The summed E-state index contributed by atoms with van der Waals surface area (Å²) in [7, 11) is 0. The molecule has 0 saturated carbocycles. The maximum absolute atomic E-state index is 14.5. The first-order valence-electron chi connectivity index (χ1n) is 6.66. The van der Waals surface area contributed by atoms with Crippen molar-refractivity contribution in [3.63, 3.8) is 0 Å². The van der Waals surface area contributed by atoms with E-state index in [1.807, 2.05) is 0 Å². The van der Waals surface area contributed by atoms with Gasteiger partial charge in [-0.2, -0.15) is 0 Å². The summed E-state index contributed by atoms with van der Waals surface area (Å²) in [6.45, 7) is 7.03. The van der Waals surface area contributed by atoms with Gasteiger partial charge in [-0.3, -0.25) is 4.57 Å². The van der Waals surface area contributed by atoms with Crippen molar-refractivity contribution in [3.05, 3.63) is 44.7 Å². The van der Waals surface area contributed by atoms with Gasteiger partial charge in [-0.05, 0) is 67.4 Å². The van der Waals surface area contributed by atoms with E-state index in [2.05, 4.69) is 31.9 Å². The molecule has 22 heavy (non-hydrogen) atoms. The predicted molar refractivity (Wildman–Crippen MR) is 91.6 cm³/mol. The van der Waals surface area contributed by atoms with Gasteiger partial charge in [0.2, 0.25) is 0 Å². The van der Waals surface area contributed by atoms with Crippen molar-refractivity contribution in [1.29, 1.82) is 0 Å². The van der Waals surface area contributed by atoms with Gasteiger partial charge in [0, 0.05) is 20.7 Å². The Labute approximate surface area is 145 Å². The topological polar surface area (TPSA) is 31.2 Å². The summed E-state index contributed by atoms with van der Waals surface area (Å²) in [6.07, 6.45) is 1.02. The molecule has 2 aromatic rings. The summed E-state index contributed by atoms with van der Waals surface area (Å²) in [5.41, 5.74) is 0.639. The van der Waals surface area contributed by atoms with Crippen LogP contribution in [0.1, 0.15) is 26.3 Å². The van der Waals surface area contributed by atoms with Gasteiger partial charge < -0.3 is 4.74 Å². The summed E-state index contributed by atoms with van der Waals surface area (Å²) in [6, 6.07) is 5.02. The molecule has 2 rings (SSSR count). The molecule has 0 radical (unpaired) electrons. The van der Waals surface area contributed by atoms with Crippen LogP contribution in [0.25, 0.3) is 11.3 Å². The van der Waals surface area contributed by atoms with E-state index in [0.29, 0.717) is 21.3 Å². The van der Waals surface area contributed by atoms with Crippen molar-refractivity contribution >= 4 is 38.0 Å². The zero-order valence-electron chi connectivity index (χ0n) is 12.7. The van der Waals surface area contributed by atoms with Crippen LogP contribution in [0.4, 0.5) is 9.18 Å². The Morgan fingerprint density at radius 1 is 1.18 bits per heavy atom. The van der Waals surface area contributed by atoms with Crippen LogP contribution in [0.15, 0.2) is 33.3 Å². The fourth-order valence-corrected chi connectivity index (χ4v) is 3.01. The molecule has 0 aliphatic heterocycles. The summed E-state index contributed by atoms with van der Waals surface area (Å²) >= 11 is 6.68. The van der Waals surface area contributed by atoms with Gasteiger partial charge in [0.1, 0.15) is 11.4 Å². The number of hydrogen-bond acceptors (Lipinski definition) is 2. The van der Waals surface area contributed by atoms with Gasteiger partial charge in [0.25, 0.3) is 0 Å². The number of halogens is 3. The SMILES string of the molecule is Cc1cc(Br)cc(-c2cc(Br)cn2C(=O)OC(C)(C)C)c1F. The fourth-order valence-electron chi connectivity index (χ4n) is 2.01. The average Bonchev–Trinajstić information content (AvgIpc) is 2.74. The molecule has 0 aliphatic carbocycles. The molecule has 0 spiro atoms. The Kier molecular flexibility index (Phi) is 4.82. The first kappa shape index (κ1) is 17.2. The van der Waals surface area contributed by atoms with Crippen molar-refractivity contribution in [1.82, 2.24) is 4.57 Å². The average molecular weight is 433 g/mol. The van der Waals surface area contributed by atoms with E-state index in [4.69, 9.17) is 4.74 Å². The van der Waals surface area contributed by atoms with Gasteiger partial charge in [-0.25, -0.2) is 9.18 Å². The standard InChI is InChI=1S/C16H16Br2FNO2/c1-9-5-10(17)6-12(14(9)19)13-7-11(18)8-20(13)15(21)22-16(2,3)4/h5-8H,1-4H3. The Morgan fingerprint density at radius 3 is 2.41 bits per heavy atom. The molecule has 1 aromatic carbocycles. The number of rotatable bonds is 1. The van der Waals surface area contributed by atoms with E-state index in [0.717, 1.165) is 4.47 Å². The highest BCUT2D eigenvalue weighted by molar-refractivity contribution is 9.10. The first-order valence-corrected chi connectivity index (χ1v) is 8.24. The lowest BCUT2D eigenvalue weighted by Crippen LogP contribution is -2.27. The predicted octanol–water partition coefficient (Wildman–Crippen LogP) is 5.91. The molecule has 1 heterocycles. The number of aryl methyl sites for hydroxylation is 1. The van der Waals surface area contributed by atoms with Gasteiger partial charge in [-0.15, -0.1) is 0 Å². The van der Waals surface area contributed by atoms with Crippen LogP contribution in [0.3, 0.4) is 0 Å². The second kappa shape index (κ2) is 6.16. The Morgan fingerprint density at radius 2 is 1.82 bits per heavy atom. The second-order valence-electron chi connectivity index (χ2n) is 5.98. The molecule has 118 valence electrons. The lowest BCUT2D eigenvalue weighted by Gasteiger charge is -2.20. The number of carbonyl (C=O) groups excluding carboxylic acids is 1. The molecular formula is C16H16Br2FNO2. The first-order chi connectivity index (χ1) is 10.1. The van der Waals surface area contributed by atoms with Crippen molar-refractivity contribution < 1.29 is 13.9 Å². The molecule has 0 N–H and O–H groups in total. The van der Waals surface area contributed by atoms with Crippen LogP contribution in [0, 0.1) is 12.7 Å². The van der Waals surface area contributed by atoms with Crippen molar-refractivity contribution in [2.24, 2.45) is 0 Å². The molecule has 0 aliphatic rings. The zero-order chi connectivity index (χ0) is 16.7. The lowest BCUT2D eigenvalue weighted by atomic mass is 10.1. The third-order valence-corrected chi connectivity index (χ3v) is 3.76. The fraction of sp³-hybridized carbons (Fsp3) is 0.312. The normalized spacial score (nSPS) is 11.6. The molecule has 0 atom stereocenters. The number of nitrogens with zero attached hydrogens (tertiary/aromatic N) is 1. The maximum Gasteiger partial charge on any atom is 0.419 e. The third-order valence-electron chi connectivity index (χ3n) is 2.87. The van der Waals surface area contributed by atoms with Gasteiger partial charge >= 0.3 is 6.09 Å². The van der Waals surface area contributed by atoms with Crippen LogP contribution in [0.2, 0.25) is 0 Å². The van der Waals surface area contributed by atoms with Crippen LogP contribution < -0.4 is 0 Å². The minimum atomic E-state index is -0.628. The van der Waals surface area contributed by atoms with Crippen LogP contribution in [-0.2, 0) is 4.74 Å². The minimum absolute atomic E-state index is 0.337. The number of hydrogen-bond donors (Lipinski definition) is 0.